The summed E-state index contributed by atoms with van der Waals surface area (Å²) in [4.78, 5) is 0. The highest BCUT2D eigenvalue weighted by molar-refractivity contribution is 6.69. The van der Waals surface area contributed by atoms with Gasteiger partial charge >= 0.3 is 0 Å². The molecule has 0 fully saturated rings. The van der Waals surface area contributed by atoms with Gasteiger partial charge in [-0.3, -0.25) is 0 Å². The molecule has 0 aliphatic rings. The van der Waals surface area contributed by atoms with Crippen LogP contribution in [0.4, 0.5) is 0 Å². The zero-order chi connectivity index (χ0) is 18.6. The Balaban J connectivity index is 2.23. The minimum Gasteiger partial charge on any atom is -0.407 e. The van der Waals surface area contributed by atoms with Crippen LogP contribution in [0.15, 0.2) is 91.0 Å². The van der Waals surface area contributed by atoms with Gasteiger partial charge in [-0.2, -0.15) is 0 Å². The Morgan fingerprint density at radius 2 is 1.08 bits per heavy atom. The zero-order valence-corrected chi connectivity index (χ0v) is 16.6. The average Bonchev–Trinajstić information content (AvgIpc) is 2.67. The molecule has 1 atom stereocenters. The van der Waals surface area contributed by atoms with Crippen LogP contribution in [-0.4, -0.2) is 13.4 Å². The lowest BCUT2D eigenvalue weighted by Gasteiger charge is -2.40. The molecule has 0 spiro atoms. The lowest BCUT2D eigenvalue weighted by atomic mass is 9.79. The molecule has 1 N–H and O–H groups in total. The molecule has 3 aromatic carbocycles. The molecule has 0 bridgehead atoms. The van der Waals surface area contributed by atoms with Crippen LogP contribution in [-0.2, 0) is 10.0 Å². The lowest BCUT2D eigenvalue weighted by molar-refractivity contribution is -0.0415. The lowest BCUT2D eigenvalue weighted by Crippen LogP contribution is -2.41. The van der Waals surface area contributed by atoms with Crippen molar-refractivity contribution in [2.24, 2.45) is 0 Å². The van der Waals surface area contributed by atoms with E-state index in [9.17, 15) is 5.11 Å². The van der Waals surface area contributed by atoms with Gasteiger partial charge in [-0.05, 0) is 36.3 Å². The van der Waals surface area contributed by atoms with Crippen molar-refractivity contribution in [2.75, 3.05) is 0 Å². The molecule has 0 aliphatic heterocycles. The molecular formula is C23H26O2Si. The minimum atomic E-state index is -1.94. The highest BCUT2D eigenvalue weighted by atomic mass is 28.4. The zero-order valence-electron chi connectivity index (χ0n) is 15.6. The molecule has 3 heteroatoms. The number of hydrogen-bond donors (Lipinski definition) is 1. The molecule has 0 aromatic heterocycles. The van der Waals surface area contributed by atoms with Crippen LogP contribution in [0.1, 0.15) is 22.8 Å². The third-order valence-corrected chi connectivity index (χ3v) is 5.32. The van der Waals surface area contributed by atoms with Crippen LogP contribution < -0.4 is 0 Å². The fraction of sp³-hybridized carbons (Fsp3) is 0.217. The number of hydrogen-bond acceptors (Lipinski definition) is 2. The molecule has 0 saturated heterocycles. The first-order valence-electron chi connectivity index (χ1n) is 8.97. The summed E-state index contributed by atoms with van der Waals surface area (Å²) in [5, 5.41) is 12.1. The molecule has 3 aromatic rings. The van der Waals surface area contributed by atoms with E-state index in [4.69, 9.17) is 4.43 Å². The van der Waals surface area contributed by atoms with Crippen molar-refractivity contribution < 1.29 is 9.53 Å². The standard InChI is InChI=1S/C23H26O2Si/c1-26(2,3)25-22(19-13-7-4-8-14-19)23(24,20-15-9-5-10-16-20)21-17-11-6-12-18-21/h4-18,22,24H,1-3H3/t22-/m1/s1. The van der Waals surface area contributed by atoms with Gasteiger partial charge in [0.05, 0.1) is 0 Å². The minimum absolute atomic E-state index is 0.486. The summed E-state index contributed by atoms with van der Waals surface area (Å²) in [6.07, 6.45) is -0.486. The van der Waals surface area contributed by atoms with Gasteiger partial charge in [-0.1, -0.05) is 91.0 Å². The van der Waals surface area contributed by atoms with Crippen LogP contribution in [0.3, 0.4) is 0 Å². The average molecular weight is 363 g/mol. The van der Waals surface area contributed by atoms with E-state index in [1.807, 2.05) is 91.0 Å². The van der Waals surface area contributed by atoms with Gasteiger partial charge in [-0.25, -0.2) is 0 Å². The van der Waals surface area contributed by atoms with E-state index in [1.165, 1.54) is 0 Å². The summed E-state index contributed by atoms with van der Waals surface area (Å²) in [5.74, 6) is 0. The van der Waals surface area contributed by atoms with Crippen molar-refractivity contribution in [3.63, 3.8) is 0 Å². The smallest absolute Gasteiger partial charge is 0.184 e. The Hall–Kier alpha value is -2.20. The Bertz CT molecular complexity index is 772. The second kappa shape index (κ2) is 7.58. The second-order valence-corrected chi connectivity index (χ2v) is 12.0. The molecule has 0 heterocycles. The van der Waals surface area contributed by atoms with Gasteiger partial charge in [0.1, 0.15) is 11.7 Å². The second-order valence-electron chi connectivity index (χ2n) is 7.52. The van der Waals surface area contributed by atoms with Crippen molar-refractivity contribution in [1.29, 1.82) is 0 Å². The van der Waals surface area contributed by atoms with Crippen LogP contribution >= 0.6 is 0 Å². The normalized spacial score (nSPS) is 13.4. The largest absolute Gasteiger partial charge is 0.407 e. The third-order valence-electron chi connectivity index (χ3n) is 4.38. The first kappa shape index (κ1) is 18.6. The molecular weight excluding hydrogens is 336 g/mol. The van der Waals surface area contributed by atoms with Crippen LogP contribution in [0, 0.1) is 0 Å². The first-order chi connectivity index (χ1) is 12.4. The van der Waals surface area contributed by atoms with Gasteiger partial charge in [0.15, 0.2) is 8.32 Å². The maximum Gasteiger partial charge on any atom is 0.184 e. The molecule has 134 valence electrons. The number of rotatable bonds is 6. The molecule has 0 radical (unpaired) electrons. The molecule has 0 aliphatic carbocycles. The monoisotopic (exact) mass is 362 g/mol. The summed E-state index contributed by atoms with van der Waals surface area (Å²) < 4.78 is 6.59. The molecule has 0 amide bonds. The topological polar surface area (TPSA) is 29.5 Å². The van der Waals surface area contributed by atoms with Gasteiger partial charge in [0, 0.05) is 0 Å². The summed E-state index contributed by atoms with van der Waals surface area (Å²) >= 11 is 0. The van der Waals surface area contributed by atoms with Gasteiger partial charge in [0.25, 0.3) is 0 Å². The highest BCUT2D eigenvalue weighted by Crippen LogP contribution is 2.44. The Morgan fingerprint density at radius 1 is 0.692 bits per heavy atom. The predicted molar refractivity (Wildman–Crippen MR) is 109 cm³/mol. The molecule has 0 unspecified atom stereocenters. The van der Waals surface area contributed by atoms with Gasteiger partial charge in [0.2, 0.25) is 0 Å². The van der Waals surface area contributed by atoms with E-state index >= 15 is 0 Å². The van der Waals surface area contributed by atoms with Crippen LogP contribution in [0.5, 0.6) is 0 Å². The van der Waals surface area contributed by atoms with E-state index in [1.54, 1.807) is 0 Å². The molecule has 2 nitrogen and oxygen atoms in total. The van der Waals surface area contributed by atoms with E-state index in [0.29, 0.717) is 0 Å². The van der Waals surface area contributed by atoms with Crippen LogP contribution in [0.25, 0.3) is 0 Å². The number of aliphatic hydroxyl groups is 1. The fourth-order valence-corrected chi connectivity index (χ4v) is 4.24. The Kier molecular flexibility index (Phi) is 5.42. The molecule has 0 saturated carbocycles. The highest BCUT2D eigenvalue weighted by Gasteiger charge is 2.43. The molecule has 3 rings (SSSR count). The van der Waals surface area contributed by atoms with Gasteiger partial charge < -0.3 is 9.53 Å². The summed E-state index contributed by atoms with van der Waals surface area (Å²) in [6, 6.07) is 29.7. The predicted octanol–water partition coefficient (Wildman–Crippen LogP) is 5.52. The van der Waals surface area contributed by atoms with E-state index in [0.717, 1.165) is 16.7 Å². The maximum atomic E-state index is 12.1. The Morgan fingerprint density at radius 3 is 1.46 bits per heavy atom. The van der Waals surface area contributed by atoms with Crippen molar-refractivity contribution in [2.45, 2.75) is 31.3 Å². The molecule has 26 heavy (non-hydrogen) atoms. The van der Waals surface area contributed by atoms with E-state index < -0.39 is 20.0 Å². The summed E-state index contributed by atoms with van der Waals surface area (Å²) in [7, 11) is -1.94. The number of benzene rings is 3. The summed E-state index contributed by atoms with van der Waals surface area (Å²) in [5.41, 5.74) is 1.37. The summed E-state index contributed by atoms with van der Waals surface area (Å²) in [6.45, 7) is 6.46. The van der Waals surface area contributed by atoms with Crippen LogP contribution in [0.2, 0.25) is 19.6 Å². The Labute approximate surface area is 157 Å². The fourth-order valence-electron chi connectivity index (χ4n) is 3.23. The quantitative estimate of drug-likeness (QED) is 0.585. The maximum absolute atomic E-state index is 12.1. The SMILES string of the molecule is C[Si](C)(C)O[C@H](c1ccccc1)C(O)(c1ccccc1)c1ccccc1. The van der Waals surface area contributed by atoms with Crippen molar-refractivity contribution in [1.82, 2.24) is 0 Å². The van der Waals surface area contributed by atoms with E-state index in [-0.39, 0.29) is 0 Å². The van der Waals surface area contributed by atoms with Crippen molar-refractivity contribution in [3.8, 4) is 0 Å². The van der Waals surface area contributed by atoms with E-state index in [2.05, 4.69) is 19.6 Å². The first-order valence-corrected chi connectivity index (χ1v) is 12.4. The van der Waals surface area contributed by atoms with Crippen molar-refractivity contribution in [3.05, 3.63) is 108 Å². The third kappa shape index (κ3) is 3.96. The van der Waals surface area contributed by atoms with Gasteiger partial charge in [-0.15, -0.1) is 0 Å². The van der Waals surface area contributed by atoms with Crippen molar-refractivity contribution >= 4 is 8.32 Å².